The minimum absolute atomic E-state index is 0.324. The molecule has 5 heteroatoms. The molecule has 1 aliphatic heterocycles. The van der Waals surface area contributed by atoms with Crippen LogP contribution in [0.3, 0.4) is 0 Å². The monoisotopic (exact) mass is 331 g/mol. The highest BCUT2D eigenvalue weighted by atomic mass is 79.9. The van der Waals surface area contributed by atoms with Gasteiger partial charge in [-0.3, -0.25) is 0 Å². The molecule has 1 aromatic rings. The molecule has 0 spiro atoms. The number of methoxy groups -OCH3 is 2. The topological polar surface area (TPSA) is 30.5 Å². The molecule has 0 radical (unpaired) electrons. The molecule has 0 fully saturated rings. The van der Waals surface area contributed by atoms with Crippen LogP contribution in [0.1, 0.15) is 24.1 Å². The van der Waals surface area contributed by atoms with Crippen molar-refractivity contribution in [2.24, 2.45) is 0 Å². The number of nitrogens with one attached hydrogen (secondary N) is 1. The zero-order chi connectivity index (χ0) is 13.1. The first-order chi connectivity index (χ1) is 8.72. The van der Waals surface area contributed by atoms with E-state index < -0.39 is 0 Å². The number of halogens is 1. The van der Waals surface area contributed by atoms with Gasteiger partial charge in [-0.05, 0) is 28.5 Å². The summed E-state index contributed by atoms with van der Waals surface area (Å²) in [5, 5.41) is 3.52. The average Bonchev–Trinajstić information content (AvgIpc) is 2.39. The Bertz CT molecular complexity index is 439. The Morgan fingerprint density at radius 3 is 2.83 bits per heavy atom. The molecule has 1 unspecified atom stereocenters. The minimum Gasteiger partial charge on any atom is -0.496 e. The molecule has 3 nitrogen and oxygen atoms in total. The number of hydrogen-bond donors (Lipinski definition) is 1. The molecule has 0 aliphatic carbocycles. The van der Waals surface area contributed by atoms with Gasteiger partial charge in [-0.2, -0.15) is 11.8 Å². The van der Waals surface area contributed by atoms with Gasteiger partial charge in [0.05, 0.1) is 18.7 Å². The molecule has 0 aromatic heterocycles. The van der Waals surface area contributed by atoms with E-state index in [1.807, 2.05) is 17.8 Å². The van der Waals surface area contributed by atoms with Crippen molar-refractivity contribution in [3.05, 3.63) is 21.7 Å². The molecule has 0 saturated carbocycles. The number of ether oxygens (including phenoxy) is 2. The van der Waals surface area contributed by atoms with Crippen LogP contribution in [-0.4, -0.2) is 26.5 Å². The lowest BCUT2D eigenvalue weighted by Gasteiger charge is -2.29. The molecular weight excluding hydrogens is 314 g/mol. The van der Waals surface area contributed by atoms with Gasteiger partial charge in [0.25, 0.3) is 0 Å². The molecule has 1 heterocycles. The van der Waals surface area contributed by atoms with E-state index in [4.69, 9.17) is 9.47 Å². The molecule has 1 N–H and O–H groups in total. The van der Waals surface area contributed by atoms with Crippen LogP contribution < -0.4 is 14.8 Å². The van der Waals surface area contributed by atoms with Gasteiger partial charge in [-0.25, -0.2) is 0 Å². The first-order valence-corrected chi connectivity index (χ1v) is 7.92. The van der Waals surface area contributed by atoms with Gasteiger partial charge >= 0.3 is 0 Å². The zero-order valence-electron chi connectivity index (χ0n) is 10.9. The second-order valence-electron chi connectivity index (χ2n) is 4.11. The normalized spacial score (nSPS) is 18.3. The van der Waals surface area contributed by atoms with Crippen molar-refractivity contribution < 1.29 is 9.47 Å². The van der Waals surface area contributed by atoms with Gasteiger partial charge in [0.2, 0.25) is 0 Å². The summed E-state index contributed by atoms with van der Waals surface area (Å²) in [5.41, 5.74) is 2.49. The second kappa shape index (κ2) is 6.17. The van der Waals surface area contributed by atoms with Gasteiger partial charge in [-0.1, -0.05) is 6.92 Å². The summed E-state index contributed by atoms with van der Waals surface area (Å²) in [6.45, 7) is 3.07. The Balaban J connectivity index is 2.57. The number of thioether (sulfide) groups is 1. The van der Waals surface area contributed by atoms with Crippen LogP contribution in [0, 0.1) is 0 Å². The maximum Gasteiger partial charge on any atom is 0.138 e. The van der Waals surface area contributed by atoms with E-state index >= 15 is 0 Å². The number of fused-ring (bicyclic) bond motifs is 1. The molecule has 100 valence electrons. The number of hydrogen-bond acceptors (Lipinski definition) is 4. The Morgan fingerprint density at radius 2 is 2.22 bits per heavy atom. The lowest BCUT2D eigenvalue weighted by atomic mass is 9.99. The van der Waals surface area contributed by atoms with Crippen LogP contribution in [0.5, 0.6) is 11.5 Å². The SMILES string of the molecule is CCNC1CSCc2c(OC)cc(Br)c(OC)c21. The lowest BCUT2D eigenvalue weighted by Crippen LogP contribution is -2.27. The van der Waals surface area contributed by atoms with E-state index in [-0.39, 0.29) is 0 Å². The van der Waals surface area contributed by atoms with Crippen molar-refractivity contribution in [1.29, 1.82) is 0 Å². The highest BCUT2D eigenvalue weighted by molar-refractivity contribution is 9.10. The second-order valence-corrected chi connectivity index (χ2v) is 6.00. The van der Waals surface area contributed by atoms with E-state index in [9.17, 15) is 0 Å². The third-order valence-corrected chi connectivity index (χ3v) is 4.75. The molecule has 1 atom stereocenters. The fourth-order valence-corrected chi connectivity index (χ4v) is 4.07. The summed E-state index contributed by atoms with van der Waals surface area (Å²) in [4.78, 5) is 0. The predicted molar refractivity (Wildman–Crippen MR) is 79.8 cm³/mol. The number of rotatable bonds is 4. The van der Waals surface area contributed by atoms with Gasteiger partial charge in [-0.15, -0.1) is 0 Å². The largest absolute Gasteiger partial charge is 0.496 e. The lowest BCUT2D eigenvalue weighted by molar-refractivity contribution is 0.386. The Kier molecular flexibility index (Phi) is 4.81. The summed E-state index contributed by atoms with van der Waals surface area (Å²) >= 11 is 5.49. The molecule has 2 rings (SSSR count). The summed E-state index contributed by atoms with van der Waals surface area (Å²) in [5.74, 6) is 3.91. The van der Waals surface area contributed by atoms with E-state index in [1.165, 1.54) is 11.1 Å². The van der Waals surface area contributed by atoms with Crippen LogP contribution in [0.15, 0.2) is 10.5 Å². The summed E-state index contributed by atoms with van der Waals surface area (Å²) in [6.07, 6.45) is 0. The van der Waals surface area contributed by atoms with E-state index in [0.717, 1.165) is 34.0 Å². The molecule has 1 aliphatic rings. The average molecular weight is 332 g/mol. The van der Waals surface area contributed by atoms with Crippen LogP contribution in [0.4, 0.5) is 0 Å². The molecule has 0 bridgehead atoms. The zero-order valence-corrected chi connectivity index (χ0v) is 13.3. The van der Waals surface area contributed by atoms with E-state index in [0.29, 0.717) is 6.04 Å². The first kappa shape index (κ1) is 14.0. The molecule has 1 aromatic carbocycles. The quantitative estimate of drug-likeness (QED) is 0.916. The molecule has 0 saturated heterocycles. The maximum atomic E-state index is 5.57. The van der Waals surface area contributed by atoms with Crippen molar-refractivity contribution in [3.8, 4) is 11.5 Å². The fraction of sp³-hybridized carbons (Fsp3) is 0.538. The summed E-state index contributed by atoms with van der Waals surface area (Å²) in [6, 6.07) is 2.32. The fourth-order valence-electron chi connectivity index (χ4n) is 2.34. The first-order valence-electron chi connectivity index (χ1n) is 5.97. The highest BCUT2D eigenvalue weighted by Crippen LogP contribution is 2.46. The van der Waals surface area contributed by atoms with Crippen LogP contribution in [-0.2, 0) is 5.75 Å². The molecule has 18 heavy (non-hydrogen) atoms. The third kappa shape index (κ3) is 2.49. The Hall–Kier alpha value is -0.390. The van der Waals surface area contributed by atoms with Gasteiger partial charge < -0.3 is 14.8 Å². The summed E-state index contributed by atoms with van der Waals surface area (Å²) in [7, 11) is 3.44. The van der Waals surface area contributed by atoms with Crippen molar-refractivity contribution in [2.45, 2.75) is 18.7 Å². The van der Waals surface area contributed by atoms with Crippen molar-refractivity contribution in [3.63, 3.8) is 0 Å². The molecular formula is C13H18BrNO2S. The van der Waals surface area contributed by atoms with Crippen molar-refractivity contribution in [1.82, 2.24) is 5.32 Å². The third-order valence-electron chi connectivity index (χ3n) is 3.10. The van der Waals surface area contributed by atoms with Crippen LogP contribution in [0.25, 0.3) is 0 Å². The van der Waals surface area contributed by atoms with E-state index in [2.05, 4.69) is 28.2 Å². The Morgan fingerprint density at radius 1 is 1.44 bits per heavy atom. The molecule has 0 amide bonds. The summed E-state index contributed by atoms with van der Waals surface area (Å²) < 4.78 is 12.0. The smallest absolute Gasteiger partial charge is 0.138 e. The van der Waals surface area contributed by atoms with Crippen LogP contribution >= 0.6 is 27.7 Å². The standard InChI is InChI=1S/C13H18BrNO2S/c1-4-15-10-7-18-6-8-11(16-2)5-9(14)13(17-3)12(8)10/h5,10,15H,4,6-7H2,1-3H3. The van der Waals surface area contributed by atoms with Crippen molar-refractivity contribution >= 4 is 27.7 Å². The minimum atomic E-state index is 0.324. The maximum absolute atomic E-state index is 5.57. The van der Waals surface area contributed by atoms with Gasteiger partial charge in [0.1, 0.15) is 11.5 Å². The van der Waals surface area contributed by atoms with Gasteiger partial charge in [0, 0.05) is 28.7 Å². The number of benzene rings is 1. The van der Waals surface area contributed by atoms with E-state index in [1.54, 1.807) is 14.2 Å². The Labute approximate surface area is 121 Å². The van der Waals surface area contributed by atoms with Crippen LogP contribution in [0.2, 0.25) is 0 Å². The van der Waals surface area contributed by atoms with Gasteiger partial charge in [0.15, 0.2) is 0 Å². The highest BCUT2D eigenvalue weighted by Gasteiger charge is 2.28. The van der Waals surface area contributed by atoms with Crippen molar-refractivity contribution in [2.75, 3.05) is 26.5 Å². The predicted octanol–water partition coefficient (Wildman–Crippen LogP) is 3.36.